The summed E-state index contributed by atoms with van der Waals surface area (Å²) < 4.78 is 0. The van der Waals surface area contributed by atoms with Gasteiger partial charge in [-0.25, -0.2) is 9.59 Å². The fourth-order valence-corrected chi connectivity index (χ4v) is 2.28. The maximum Gasteiger partial charge on any atom is 2.00 e. The summed E-state index contributed by atoms with van der Waals surface area (Å²) in [6.45, 7) is 0. The summed E-state index contributed by atoms with van der Waals surface area (Å²) in [6.07, 6.45) is 0. The zero-order chi connectivity index (χ0) is 13.8. The third-order valence-corrected chi connectivity index (χ3v) is 3.45. The first-order valence-electron chi connectivity index (χ1n) is 5.41. The molecule has 0 spiro atoms. The van der Waals surface area contributed by atoms with E-state index in [1.165, 1.54) is 36.0 Å². The minimum absolute atomic E-state index is 0. The fraction of sp³-hybridized carbons (Fsp3) is 0. The molecule has 2 N–H and O–H groups in total. The molecule has 0 radical (unpaired) electrons. The average molecular weight is 414 g/mol. The van der Waals surface area contributed by atoms with Crippen LogP contribution < -0.4 is 0 Å². The predicted octanol–water partition coefficient (Wildman–Crippen LogP) is 3.08. The minimum atomic E-state index is -0.956. The van der Waals surface area contributed by atoms with Crippen LogP contribution in [0.3, 0.4) is 0 Å². The maximum absolute atomic E-state index is 10.7. The molecule has 4 nitrogen and oxygen atoms in total. The third-order valence-electron chi connectivity index (χ3n) is 2.44. The first-order valence-corrected chi connectivity index (χ1v) is 6.22. The monoisotopic (exact) mass is 414 g/mol. The first-order chi connectivity index (χ1) is 9.06. The molecule has 0 amide bonds. The molecule has 0 heterocycles. The van der Waals surface area contributed by atoms with Crippen molar-refractivity contribution in [1.82, 2.24) is 0 Å². The van der Waals surface area contributed by atoms with Crippen molar-refractivity contribution in [2.24, 2.45) is 0 Å². The van der Waals surface area contributed by atoms with Gasteiger partial charge in [-0.15, -0.1) is 0 Å². The van der Waals surface area contributed by atoms with E-state index in [-0.39, 0.29) is 62.9 Å². The SMILES string of the molecule is O=C(O)c1ccc(Sc2ccc(C(=O)O)cc2)cc1.[Ba+2].[H-].[H-]. The van der Waals surface area contributed by atoms with E-state index in [9.17, 15) is 9.59 Å². The molecule has 0 saturated carbocycles. The molecule has 0 aliphatic heterocycles. The smallest absolute Gasteiger partial charge is 1.00 e. The van der Waals surface area contributed by atoms with Gasteiger partial charge >= 0.3 is 60.8 Å². The van der Waals surface area contributed by atoms with E-state index >= 15 is 0 Å². The van der Waals surface area contributed by atoms with E-state index in [1.54, 1.807) is 24.3 Å². The van der Waals surface area contributed by atoms with Gasteiger partial charge in [-0.1, -0.05) is 11.8 Å². The summed E-state index contributed by atoms with van der Waals surface area (Å²) in [5, 5.41) is 17.6. The van der Waals surface area contributed by atoms with Crippen LogP contribution in [0.5, 0.6) is 0 Å². The molecule has 6 heteroatoms. The van der Waals surface area contributed by atoms with Gasteiger partial charge in [-0.2, -0.15) is 0 Å². The molecule has 2 aromatic carbocycles. The molecule has 0 aromatic heterocycles. The Balaban J connectivity index is 0. The van der Waals surface area contributed by atoms with Crippen molar-refractivity contribution < 1.29 is 22.7 Å². The Hall–Kier alpha value is -0.699. The van der Waals surface area contributed by atoms with Crippen LogP contribution in [0.1, 0.15) is 23.6 Å². The molecular weight excluding hydrogens is 402 g/mol. The van der Waals surface area contributed by atoms with Crippen LogP contribution in [0.15, 0.2) is 58.3 Å². The number of hydrogen-bond donors (Lipinski definition) is 2. The van der Waals surface area contributed by atoms with Gasteiger partial charge in [0, 0.05) is 9.79 Å². The van der Waals surface area contributed by atoms with E-state index in [1.807, 2.05) is 0 Å². The zero-order valence-electron chi connectivity index (χ0n) is 12.4. The summed E-state index contributed by atoms with van der Waals surface area (Å²) in [4.78, 5) is 23.2. The Morgan fingerprint density at radius 1 is 0.750 bits per heavy atom. The van der Waals surface area contributed by atoms with Crippen molar-refractivity contribution >= 4 is 72.6 Å². The van der Waals surface area contributed by atoms with E-state index in [4.69, 9.17) is 10.2 Å². The van der Waals surface area contributed by atoms with Crippen molar-refractivity contribution in [3.8, 4) is 0 Å². The first kappa shape index (κ1) is 17.4. The maximum atomic E-state index is 10.7. The summed E-state index contributed by atoms with van der Waals surface area (Å²) in [7, 11) is 0. The second-order valence-corrected chi connectivity index (χ2v) is 4.91. The number of carboxylic acids is 2. The molecule has 0 aliphatic carbocycles. The second kappa shape index (κ2) is 7.92. The molecular formula is C14H12BaO4S. The Morgan fingerprint density at radius 3 is 1.30 bits per heavy atom. The predicted molar refractivity (Wildman–Crippen MR) is 78.9 cm³/mol. The average Bonchev–Trinajstić information content (AvgIpc) is 2.40. The second-order valence-electron chi connectivity index (χ2n) is 3.76. The van der Waals surface area contributed by atoms with Crippen LogP contribution in [-0.4, -0.2) is 71.0 Å². The van der Waals surface area contributed by atoms with E-state index in [0.717, 1.165) is 9.79 Å². The van der Waals surface area contributed by atoms with E-state index in [2.05, 4.69) is 0 Å². The molecule has 0 fully saturated rings. The van der Waals surface area contributed by atoms with Crippen LogP contribution in [0.25, 0.3) is 0 Å². The summed E-state index contributed by atoms with van der Waals surface area (Å²) >= 11 is 1.44. The van der Waals surface area contributed by atoms with Crippen LogP contribution in [0.2, 0.25) is 0 Å². The van der Waals surface area contributed by atoms with Gasteiger partial charge in [0.25, 0.3) is 0 Å². The summed E-state index contributed by atoms with van der Waals surface area (Å²) in [6, 6.07) is 13.0. The van der Waals surface area contributed by atoms with Crippen LogP contribution in [0.4, 0.5) is 0 Å². The van der Waals surface area contributed by atoms with Crippen LogP contribution in [0, 0.1) is 0 Å². The van der Waals surface area contributed by atoms with Gasteiger partial charge in [-0.05, 0) is 48.5 Å². The zero-order valence-corrected chi connectivity index (χ0v) is 15.7. The van der Waals surface area contributed by atoms with Gasteiger partial charge in [-0.3, -0.25) is 0 Å². The van der Waals surface area contributed by atoms with Crippen molar-refractivity contribution in [2.45, 2.75) is 9.79 Å². The number of benzene rings is 2. The molecule has 0 atom stereocenters. The number of rotatable bonds is 4. The van der Waals surface area contributed by atoms with Crippen molar-refractivity contribution in [3.63, 3.8) is 0 Å². The van der Waals surface area contributed by atoms with E-state index in [0.29, 0.717) is 0 Å². The molecule has 0 aliphatic rings. The largest absolute Gasteiger partial charge is 2.00 e. The Kier molecular flexibility index (Phi) is 6.87. The van der Waals surface area contributed by atoms with Gasteiger partial charge in [0.05, 0.1) is 11.1 Å². The quantitative estimate of drug-likeness (QED) is 0.754. The minimum Gasteiger partial charge on any atom is -1.00 e. The number of hydrogen-bond acceptors (Lipinski definition) is 3. The van der Waals surface area contributed by atoms with Crippen LogP contribution in [-0.2, 0) is 0 Å². The Morgan fingerprint density at radius 2 is 1.05 bits per heavy atom. The van der Waals surface area contributed by atoms with Gasteiger partial charge in [0.2, 0.25) is 0 Å². The third kappa shape index (κ3) is 4.69. The number of carboxylic acid groups (broad SMARTS) is 2. The molecule has 0 unspecified atom stereocenters. The van der Waals surface area contributed by atoms with Gasteiger partial charge in [0.15, 0.2) is 0 Å². The number of carbonyl (C=O) groups is 2. The number of aromatic carboxylic acids is 2. The summed E-state index contributed by atoms with van der Waals surface area (Å²) in [5.41, 5.74) is 0.483. The fourth-order valence-electron chi connectivity index (χ4n) is 1.47. The molecule has 20 heavy (non-hydrogen) atoms. The topological polar surface area (TPSA) is 74.6 Å². The molecule has 2 aromatic rings. The molecule has 0 bridgehead atoms. The molecule has 2 rings (SSSR count). The van der Waals surface area contributed by atoms with Crippen molar-refractivity contribution in [1.29, 1.82) is 0 Å². The standard InChI is InChI=1S/C14H10O4S.Ba.2H/c15-13(16)9-1-5-11(6-2-9)19-12-7-3-10(4-8-12)14(17)18;;;/h1-8H,(H,15,16)(H,17,18);;;/q;+2;2*-1. The van der Waals surface area contributed by atoms with Gasteiger partial charge < -0.3 is 13.1 Å². The Bertz CT molecular complexity index is 562. The normalized spacial score (nSPS) is 9.60. The Labute approximate surface area is 163 Å². The van der Waals surface area contributed by atoms with E-state index < -0.39 is 11.9 Å². The van der Waals surface area contributed by atoms with Crippen LogP contribution >= 0.6 is 11.8 Å². The van der Waals surface area contributed by atoms with Gasteiger partial charge in [0.1, 0.15) is 0 Å². The van der Waals surface area contributed by atoms with Crippen molar-refractivity contribution in [2.75, 3.05) is 0 Å². The van der Waals surface area contributed by atoms with Crippen molar-refractivity contribution in [3.05, 3.63) is 59.7 Å². The molecule has 100 valence electrons. The molecule has 0 saturated heterocycles. The summed E-state index contributed by atoms with van der Waals surface area (Å²) in [5.74, 6) is -1.91.